The molecule has 0 aliphatic carbocycles. The molecule has 0 atom stereocenters. The molecule has 0 spiro atoms. The molecule has 8 heteroatoms. The Bertz CT molecular complexity index is 1030. The van der Waals surface area contributed by atoms with Crippen molar-refractivity contribution in [2.24, 2.45) is 5.10 Å². The molecule has 1 N–H and O–H groups in total. The van der Waals surface area contributed by atoms with Crippen molar-refractivity contribution >= 4 is 17.9 Å². The number of benzene rings is 1. The second-order valence-electron chi connectivity index (χ2n) is 7.85. The molecule has 0 amide bonds. The van der Waals surface area contributed by atoms with Gasteiger partial charge in [0.2, 0.25) is 5.95 Å². The van der Waals surface area contributed by atoms with E-state index >= 15 is 0 Å². The van der Waals surface area contributed by atoms with Gasteiger partial charge in [-0.15, -0.1) is 0 Å². The van der Waals surface area contributed by atoms with Gasteiger partial charge in [0.05, 0.1) is 18.5 Å². The van der Waals surface area contributed by atoms with E-state index in [1.165, 1.54) is 11.1 Å². The lowest BCUT2D eigenvalue weighted by Gasteiger charge is -2.21. The second-order valence-corrected chi connectivity index (χ2v) is 7.85. The third-order valence-corrected chi connectivity index (χ3v) is 5.09. The first kappa shape index (κ1) is 27.7. The minimum atomic E-state index is 0.292. The second kappa shape index (κ2) is 15.4. The summed E-state index contributed by atoms with van der Waals surface area (Å²) >= 11 is 0. The highest BCUT2D eigenvalue weighted by Crippen LogP contribution is 2.15. The van der Waals surface area contributed by atoms with Gasteiger partial charge in [0, 0.05) is 31.4 Å². The fourth-order valence-corrected chi connectivity index (χ4v) is 3.24. The number of anilines is 2. The van der Waals surface area contributed by atoms with E-state index < -0.39 is 0 Å². The Balaban J connectivity index is 0.00000210. The number of hydrogen-bond donors (Lipinski definition) is 1. The third kappa shape index (κ3) is 9.31. The summed E-state index contributed by atoms with van der Waals surface area (Å²) in [6.07, 6.45) is 6.05. The molecular weight excluding hydrogens is 438 g/mol. The van der Waals surface area contributed by atoms with Crippen molar-refractivity contribution in [1.29, 1.82) is 0 Å². The Labute approximate surface area is 209 Å². The van der Waals surface area contributed by atoms with Gasteiger partial charge in [0.25, 0.3) is 0 Å². The van der Waals surface area contributed by atoms with E-state index in [2.05, 4.69) is 75.2 Å². The monoisotopic (exact) mass is 477 g/mol. The van der Waals surface area contributed by atoms with Gasteiger partial charge in [0.15, 0.2) is 5.82 Å². The summed E-state index contributed by atoms with van der Waals surface area (Å²) in [5.74, 6) is 1.05. The van der Waals surface area contributed by atoms with Crippen LogP contribution in [-0.4, -0.2) is 45.8 Å². The SMILES string of the molecule is CC.CCCN(CCC)c1nc(/C=N/Nc2ccc(C)c(C)c2)nc(OCCc2ccccn2)n1. The van der Waals surface area contributed by atoms with Crippen LogP contribution in [0.4, 0.5) is 11.6 Å². The van der Waals surface area contributed by atoms with Crippen LogP contribution in [0.1, 0.15) is 63.2 Å². The van der Waals surface area contributed by atoms with Gasteiger partial charge in [-0.25, -0.2) is 0 Å². The van der Waals surface area contributed by atoms with Crippen LogP contribution in [0.2, 0.25) is 0 Å². The fraction of sp³-hybridized carbons (Fsp3) is 0.444. The Kier molecular flexibility index (Phi) is 12.2. The van der Waals surface area contributed by atoms with Crippen molar-refractivity contribution in [2.45, 2.75) is 60.8 Å². The zero-order chi connectivity index (χ0) is 25.5. The lowest BCUT2D eigenvalue weighted by atomic mass is 10.1. The maximum atomic E-state index is 5.88. The van der Waals surface area contributed by atoms with Crippen LogP contribution in [0.5, 0.6) is 6.01 Å². The van der Waals surface area contributed by atoms with E-state index in [9.17, 15) is 0 Å². The fourth-order valence-electron chi connectivity index (χ4n) is 3.24. The molecule has 3 aromatic rings. The molecule has 0 saturated heterocycles. The summed E-state index contributed by atoms with van der Waals surface area (Å²) in [5, 5.41) is 4.33. The minimum absolute atomic E-state index is 0.292. The maximum absolute atomic E-state index is 5.88. The van der Waals surface area contributed by atoms with E-state index in [0.29, 0.717) is 30.8 Å². The molecular formula is C27H39N7O. The van der Waals surface area contributed by atoms with Crippen molar-refractivity contribution in [2.75, 3.05) is 30.0 Å². The zero-order valence-corrected chi connectivity index (χ0v) is 22.0. The van der Waals surface area contributed by atoms with E-state index in [-0.39, 0.29) is 0 Å². The highest BCUT2D eigenvalue weighted by atomic mass is 16.5. The number of nitrogens with one attached hydrogen (secondary N) is 1. The molecule has 0 aliphatic heterocycles. The van der Waals surface area contributed by atoms with Crippen LogP contribution in [-0.2, 0) is 6.42 Å². The summed E-state index contributed by atoms with van der Waals surface area (Å²) in [6, 6.07) is 12.2. The van der Waals surface area contributed by atoms with Gasteiger partial charge < -0.3 is 9.64 Å². The maximum Gasteiger partial charge on any atom is 0.321 e. The highest BCUT2D eigenvalue weighted by Gasteiger charge is 2.13. The Morgan fingerprint density at radius 3 is 2.40 bits per heavy atom. The van der Waals surface area contributed by atoms with Crippen molar-refractivity contribution < 1.29 is 4.74 Å². The molecule has 3 rings (SSSR count). The predicted octanol–water partition coefficient (Wildman–Crippen LogP) is 5.60. The summed E-state index contributed by atoms with van der Waals surface area (Å²) in [4.78, 5) is 20.1. The van der Waals surface area contributed by atoms with Gasteiger partial charge in [-0.2, -0.15) is 20.1 Å². The first-order valence-electron chi connectivity index (χ1n) is 12.5. The number of hydrazone groups is 1. The van der Waals surface area contributed by atoms with E-state index in [1.807, 2.05) is 38.1 Å². The molecule has 8 nitrogen and oxygen atoms in total. The van der Waals surface area contributed by atoms with Crippen LogP contribution in [0.25, 0.3) is 0 Å². The Morgan fingerprint density at radius 1 is 0.971 bits per heavy atom. The number of pyridine rings is 1. The third-order valence-electron chi connectivity index (χ3n) is 5.09. The average molecular weight is 478 g/mol. The normalized spacial score (nSPS) is 10.6. The Hall–Kier alpha value is -3.55. The number of nitrogens with zero attached hydrogens (tertiary/aromatic N) is 6. The zero-order valence-electron chi connectivity index (χ0n) is 22.0. The van der Waals surface area contributed by atoms with Crippen LogP contribution in [0.3, 0.4) is 0 Å². The van der Waals surface area contributed by atoms with Gasteiger partial charge in [0.1, 0.15) is 0 Å². The predicted molar refractivity (Wildman–Crippen MR) is 145 cm³/mol. The lowest BCUT2D eigenvalue weighted by Crippen LogP contribution is -2.27. The molecule has 0 saturated carbocycles. The summed E-state index contributed by atoms with van der Waals surface area (Å²) in [7, 11) is 0. The molecule has 0 fully saturated rings. The van der Waals surface area contributed by atoms with Crippen molar-refractivity contribution in [3.05, 3.63) is 65.2 Å². The van der Waals surface area contributed by atoms with E-state index in [4.69, 9.17) is 4.74 Å². The molecule has 2 heterocycles. The van der Waals surface area contributed by atoms with Gasteiger partial charge in [-0.1, -0.05) is 39.8 Å². The number of rotatable bonds is 12. The quantitative estimate of drug-likeness (QED) is 0.268. The molecule has 0 radical (unpaired) electrons. The van der Waals surface area contributed by atoms with Gasteiger partial charge >= 0.3 is 6.01 Å². The molecule has 2 aromatic heterocycles. The van der Waals surface area contributed by atoms with E-state index in [1.54, 1.807) is 12.4 Å². The number of aromatic nitrogens is 4. The van der Waals surface area contributed by atoms with Crippen LogP contribution in [0.15, 0.2) is 47.7 Å². The van der Waals surface area contributed by atoms with Gasteiger partial charge in [-0.3, -0.25) is 10.4 Å². The molecule has 0 bridgehead atoms. The number of aryl methyl sites for hydroxylation is 2. The van der Waals surface area contributed by atoms with E-state index in [0.717, 1.165) is 37.3 Å². The first-order chi connectivity index (χ1) is 17.1. The topological polar surface area (TPSA) is 88.4 Å². The lowest BCUT2D eigenvalue weighted by molar-refractivity contribution is 0.293. The minimum Gasteiger partial charge on any atom is -0.463 e. The summed E-state index contributed by atoms with van der Waals surface area (Å²) < 4.78 is 5.88. The first-order valence-corrected chi connectivity index (χ1v) is 12.5. The smallest absolute Gasteiger partial charge is 0.321 e. The molecule has 188 valence electrons. The summed E-state index contributed by atoms with van der Waals surface area (Å²) in [5.41, 5.74) is 7.37. The van der Waals surface area contributed by atoms with Crippen LogP contribution < -0.4 is 15.1 Å². The van der Waals surface area contributed by atoms with Crippen molar-refractivity contribution in [3.63, 3.8) is 0 Å². The Morgan fingerprint density at radius 2 is 1.74 bits per heavy atom. The van der Waals surface area contributed by atoms with Gasteiger partial charge in [-0.05, 0) is 62.1 Å². The van der Waals surface area contributed by atoms with Crippen molar-refractivity contribution in [1.82, 2.24) is 19.9 Å². The molecule has 35 heavy (non-hydrogen) atoms. The molecule has 0 aliphatic rings. The largest absolute Gasteiger partial charge is 0.463 e. The molecule has 0 unspecified atom stereocenters. The highest BCUT2D eigenvalue weighted by molar-refractivity contribution is 5.75. The van der Waals surface area contributed by atoms with Crippen LogP contribution in [0, 0.1) is 13.8 Å². The standard InChI is InChI=1S/C25H33N7O.C2H6/c1-5-14-32(15-6-2)24-28-23(18-27-31-22-11-10-19(3)20(4)17-22)29-25(30-24)33-16-12-21-9-7-8-13-26-21;1-2/h7-11,13,17-18,31H,5-6,12,14-16H2,1-4H3;1-2H3/b27-18+;. The summed E-state index contributed by atoms with van der Waals surface area (Å²) in [6.45, 7) is 14.6. The number of ether oxygens (including phenoxy) is 1. The molecule has 1 aromatic carbocycles. The number of hydrogen-bond acceptors (Lipinski definition) is 8. The van der Waals surface area contributed by atoms with Crippen LogP contribution >= 0.6 is 0 Å². The average Bonchev–Trinajstić information content (AvgIpc) is 2.88. The van der Waals surface area contributed by atoms with Crippen molar-refractivity contribution in [3.8, 4) is 6.01 Å².